The minimum absolute atomic E-state index is 0.00269. The Labute approximate surface area is 121 Å². The molecule has 0 heterocycles. The van der Waals surface area contributed by atoms with Gasteiger partial charge in [0.2, 0.25) is 0 Å². The zero-order valence-corrected chi connectivity index (χ0v) is 13.0. The van der Waals surface area contributed by atoms with Gasteiger partial charge in [0, 0.05) is 18.4 Å². The summed E-state index contributed by atoms with van der Waals surface area (Å²) in [5.74, 6) is 0.671. The summed E-state index contributed by atoms with van der Waals surface area (Å²) < 4.78 is 0. The van der Waals surface area contributed by atoms with E-state index in [1.807, 2.05) is 6.92 Å². The number of hydrogen-bond donors (Lipinski definition) is 3. The summed E-state index contributed by atoms with van der Waals surface area (Å²) in [7, 11) is 0. The molecule has 0 bridgehead atoms. The van der Waals surface area contributed by atoms with Crippen molar-refractivity contribution in [2.45, 2.75) is 46.6 Å². The van der Waals surface area contributed by atoms with Crippen molar-refractivity contribution in [2.24, 2.45) is 23.0 Å². The zero-order valence-electron chi connectivity index (χ0n) is 12.2. The predicted molar refractivity (Wildman–Crippen MR) is 82.3 cm³/mol. The van der Waals surface area contributed by atoms with Crippen LogP contribution in [-0.4, -0.2) is 16.9 Å². The van der Waals surface area contributed by atoms with Crippen molar-refractivity contribution in [3.8, 4) is 0 Å². The fraction of sp³-hybridized carbons (Fsp3) is 0.714. The molecule has 5 heteroatoms. The van der Waals surface area contributed by atoms with Gasteiger partial charge in [-0.25, -0.2) is 5.43 Å². The third-order valence-corrected chi connectivity index (χ3v) is 3.85. The molecule has 0 aromatic rings. The SMILES string of the molecule is CC(CC(=O)C1C(C)C=CCC1(C)C)NNC(N)=S. The molecule has 1 aliphatic carbocycles. The molecular formula is C14H25N3OS. The number of hydrazine groups is 1. The summed E-state index contributed by atoms with van der Waals surface area (Å²) in [6.45, 7) is 8.40. The molecule has 0 saturated carbocycles. The number of rotatable bonds is 5. The summed E-state index contributed by atoms with van der Waals surface area (Å²) in [5.41, 5.74) is 11.0. The first kappa shape index (κ1) is 16.1. The maximum absolute atomic E-state index is 12.5. The van der Waals surface area contributed by atoms with Crippen LogP contribution < -0.4 is 16.6 Å². The Morgan fingerprint density at radius 3 is 2.74 bits per heavy atom. The lowest BCUT2D eigenvalue weighted by molar-refractivity contribution is -0.128. The van der Waals surface area contributed by atoms with Crippen LogP contribution in [-0.2, 0) is 4.79 Å². The van der Waals surface area contributed by atoms with Gasteiger partial charge in [0.1, 0.15) is 5.78 Å². The van der Waals surface area contributed by atoms with Gasteiger partial charge in [-0.1, -0.05) is 32.9 Å². The van der Waals surface area contributed by atoms with Crippen LogP contribution in [0.3, 0.4) is 0 Å². The minimum atomic E-state index is 0.00269. The number of hydrogen-bond acceptors (Lipinski definition) is 3. The molecule has 0 saturated heterocycles. The Hall–Kier alpha value is -0.940. The average molecular weight is 283 g/mol. The second-order valence-electron chi connectivity index (χ2n) is 6.16. The fourth-order valence-electron chi connectivity index (χ4n) is 2.94. The molecule has 3 atom stereocenters. The Balaban J connectivity index is 2.61. The van der Waals surface area contributed by atoms with Crippen LogP contribution in [0.25, 0.3) is 0 Å². The van der Waals surface area contributed by atoms with Crippen LogP contribution in [0.5, 0.6) is 0 Å². The van der Waals surface area contributed by atoms with Crippen LogP contribution in [0.15, 0.2) is 12.2 Å². The van der Waals surface area contributed by atoms with E-state index in [1.165, 1.54) is 0 Å². The van der Waals surface area contributed by atoms with Gasteiger partial charge >= 0.3 is 0 Å². The van der Waals surface area contributed by atoms with Gasteiger partial charge in [0.05, 0.1) is 0 Å². The fourth-order valence-corrected chi connectivity index (χ4v) is 3.00. The van der Waals surface area contributed by atoms with E-state index >= 15 is 0 Å². The van der Waals surface area contributed by atoms with Crippen molar-refractivity contribution in [1.29, 1.82) is 0 Å². The highest BCUT2D eigenvalue weighted by atomic mass is 32.1. The Morgan fingerprint density at radius 2 is 2.21 bits per heavy atom. The molecule has 0 aromatic heterocycles. The van der Waals surface area contributed by atoms with Crippen LogP contribution >= 0.6 is 12.2 Å². The zero-order chi connectivity index (χ0) is 14.6. The molecule has 0 aromatic carbocycles. The van der Waals surface area contributed by atoms with E-state index in [4.69, 9.17) is 18.0 Å². The Kier molecular flexibility index (Phi) is 5.50. The van der Waals surface area contributed by atoms with Gasteiger partial charge in [0.15, 0.2) is 5.11 Å². The molecule has 4 nitrogen and oxygen atoms in total. The topological polar surface area (TPSA) is 67.2 Å². The smallest absolute Gasteiger partial charge is 0.178 e. The van der Waals surface area contributed by atoms with E-state index in [0.717, 1.165) is 6.42 Å². The maximum Gasteiger partial charge on any atom is 0.178 e. The quantitative estimate of drug-likeness (QED) is 0.408. The standard InChI is InChI=1S/C14H25N3OS/c1-9-6-5-7-14(3,4)12(9)11(18)8-10(2)16-17-13(15)19/h5-6,9-10,12,16H,7-8H2,1-4H3,(H3,15,17,19). The molecule has 0 spiro atoms. The summed E-state index contributed by atoms with van der Waals surface area (Å²) >= 11 is 4.72. The highest BCUT2D eigenvalue weighted by molar-refractivity contribution is 7.80. The molecule has 0 aliphatic heterocycles. The minimum Gasteiger partial charge on any atom is -0.375 e. The second kappa shape index (κ2) is 6.48. The number of nitrogens with one attached hydrogen (secondary N) is 2. The Bertz CT molecular complexity index is 379. The van der Waals surface area contributed by atoms with Crippen molar-refractivity contribution in [2.75, 3.05) is 0 Å². The van der Waals surface area contributed by atoms with Crippen molar-refractivity contribution in [3.63, 3.8) is 0 Å². The predicted octanol–water partition coefficient (Wildman–Crippen LogP) is 1.91. The van der Waals surface area contributed by atoms with E-state index in [1.54, 1.807) is 0 Å². The summed E-state index contributed by atoms with van der Waals surface area (Å²) in [5, 5.41) is 0.189. The van der Waals surface area contributed by atoms with E-state index in [-0.39, 0.29) is 22.5 Å². The summed E-state index contributed by atoms with van der Waals surface area (Å²) in [6, 6.07) is 0.00269. The number of thiocarbonyl (C=S) groups is 1. The highest BCUT2D eigenvalue weighted by Crippen LogP contribution is 2.41. The largest absolute Gasteiger partial charge is 0.375 e. The summed E-state index contributed by atoms with van der Waals surface area (Å²) in [6.07, 6.45) is 5.77. The van der Waals surface area contributed by atoms with Crippen LogP contribution in [0.2, 0.25) is 0 Å². The van der Waals surface area contributed by atoms with Gasteiger partial charge < -0.3 is 5.73 Å². The molecule has 1 rings (SSSR count). The first-order chi connectivity index (χ1) is 8.74. The van der Waals surface area contributed by atoms with Gasteiger partial charge in [-0.15, -0.1) is 0 Å². The second-order valence-corrected chi connectivity index (χ2v) is 6.60. The molecule has 0 radical (unpaired) electrons. The van der Waals surface area contributed by atoms with Crippen LogP contribution in [0.1, 0.15) is 40.5 Å². The van der Waals surface area contributed by atoms with E-state index < -0.39 is 0 Å². The monoisotopic (exact) mass is 283 g/mol. The molecule has 108 valence electrons. The number of allylic oxidation sites excluding steroid dienone is 2. The third kappa shape index (κ3) is 4.58. The molecule has 4 N–H and O–H groups in total. The molecule has 0 fully saturated rings. The number of ketones is 1. The highest BCUT2D eigenvalue weighted by Gasteiger charge is 2.39. The lowest BCUT2D eigenvalue weighted by Gasteiger charge is -2.39. The van der Waals surface area contributed by atoms with Crippen LogP contribution in [0, 0.1) is 17.3 Å². The van der Waals surface area contributed by atoms with Gasteiger partial charge in [0.25, 0.3) is 0 Å². The molecule has 0 amide bonds. The first-order valence-corrected chi connectivity index (χ1v) is 7.15. The molecule has 3 unspecified atom stereocenters. The van der Waals surface area contributed by atoms with Gasteiger partial charge in [-0.05, 0) is 36.9 Å². The first-order valence-electron chi connectivity index (χ1n) is 6.74. The average Bonchev–Trinajstić information content (AvgIpc) is 2.24. The van der Waals surface area contributed by atoms with Gasteiger partial charge in [-0.3, -0.25) is 10.2 Å². The van der Waals surface area contributed by atoms with E-state index in [2.05, 4.69) is 43.8 Å². The molecular weight excluding hydrogens is 258 g/mol. The molecule has 1 aliphatic rings. The number of Topliss-reactive ketones (excluding diaryl/α,β-unsaturated/α-hetero) is 1. The molecule has 19 heavy (non-hydrogen) atoms. The van der Waals surface area contributed by atoms with Crippen molar-refractivity contribution in [3.05, 3.63) is 12.2 Å². The van der Waals surface area contributed by atoms with Crippen molar-refractivity contribution < 1.29 is 4.79 Å². The third-order valence-electron chi connectivity index (χ3n) is 3.75. The lowest BCUT2D eigenvalue weighted by atomic mass is 9.65. The van der Waals surface area contributed by atoms with Gasteiger partial charge in [-0.2, -0.15) is 0 Å². The number of nitrogens with two attached hydrogens (primary N) is 1. The van der Waals surface area contributed by atoms with E-state index in [0.29, 0.717) is 18.1 Å². The summed E-state index contributed by atoms with van der Waals surface area (Å²) in [4.78, 5) is 12.5. The maximum atomic E-state index is 12.5. The van der Waals surface area contributed by atoms with Crippen molar-refractivity contribution >= 4 is 23.1 Å². The van der Waals surface area contributed by atoms with E-state index in [9.17, 15) is 4.79 Å². The lowest BCUT2D eigenvalue weighted by Crippen LogP contribution is -2.47. The van der Waals surface area contributed by atoms with Crippen LogP contribution in [0.4, 0.5) is 0 Å². The normalized spacial score (nSPS) is 26.7. The Morgan fingerprint density at radius 1 is 1.58 bits per heavy atom. The number of carbonyl (C=O) groups is 1. The number of carbonyl (C=O) groups excluding carboxylic acids is 1. The van der Waals surface area contributed by atoms with Crippen molar-refractivity contribution in [1.82, 2.24) is 10.9 Å².